The van der Waals surface area contributed by atoms with Gasteiger partial charge in [0.05, 0.1) is 16.8 Å². The van der Waals surface area contributed by atoms with Crippen LogP contribution in [-0.2, 0) is 0 Å². The largest absolute Gasteiger partial charge is 0.406 e. The van der Waals surface area contributed by atoms with E-state index in [-0.39, 0.29) is 10.7 Å². The zero-order chi connectivity index (χ0) is 13.1. The molecular weight excluding hydrogens is 260 g/mol. The summed E-state index contributed by atoms with van der Waals surface area (Å²) in [6, 6.07) is 4.39. The highest BCUT2D eigenvalue weighted by molar-refractivity contribution is 6.33. The summed E-state index contributed by atoms with van der Waals surface area (Å²) in [7, 11) is 0. The SMILES string of the molecule is N#CC(CNc1cc(F)ccc1Cl)C(F)(F)F. The molecule has 0 radical (unpaired) electrons. The topological polar surface area (TPSA) is 35.8 Å². The Hall–Kier alpha value is -1.48. The second kappa shape index (κ2) is 5.23. The van der Waals surface area contributed by atoms with E-state index in [0.29, 0.717) is 0 Å². The first-order chi connectivity index (χ1) is 7.84. The number of anilines is 1. The number of alkyl halides is 3. The van der Waals surface area contributed by atoms with Crippen LogP contribution in [0.15, 0.2) is 18.2 Å². The fourth-order valence-electron chi connectivity index (χ4n) is 1.08. The first-order valence-corrected chi connectivity index (χ1v) is 4.87. The number of halogens is 5. The third-order valence-corrected chi connectivity index (χ3v) is 2.31. The number of benzene rings is 1. The third-order valence-electron chi connectivity index (χ3n) is 1.98. The number of hydrogen-bond donors (Lipinski definition) is 1. The lowest BCUT2D eigenvalue weighted by atomic mass is 10.1. The van der Waals surface area contributed by atoms with Gasteiger partial charge in [-0.3, -0.25) is 0 Å². The lowest BCUT2D eigenvalue weighted by Crippen LogP contribution is -2.28. The van der Waals surface area contributed by atoms with Gasteiger partial charge < -0.3 is 5.32 Å². The van der Waals surface area contributed by atoms with Crippen molar-refractivity contribution in [1.82, 2.24) is 0 Å². The van der Waals surface area contributed by atoms with Crippen molar-refractivity contribution in [3.8, 4) is 6.07 Å². The van der Waals surface area contributed by atoms with Crippen LogP contribution in [0, 0.1) is 23.1 Å². The standard InChI is InChI=1S/C10H7ClF4N2/c11-8-2-1-7(12)3-9(8)17-5-6(4-16)10(13,14)15/h1-3,6,17H,5H2. The van der Waals surface area contributed by atoms with E-state index in [1.165, 1.54) is 6.07 Å². The molecule has 0 amide bonds. The second-order valence-electron chi connectivity index (χ2n) is 3.23. The van der Waals surface area contributed by atoms with Gasteiger partial charge in [0.2, 0.25) is 0 Å². The Balaban J connectivity index is 2.73. The van der Waals surface area contributed by atoms with Crippen molar-refractivity contribution < 1.29 is 17.6 Å². The quantitative estimate of drug-likeness (QED) is 0.849. The fraction of sp³-hybridized carbons (Fsp3) is 0.300. The first-order valence-electron chi connectivity index (χ1n) is 4.50. The number of hydrogen-bond acceptors (Lipinski definition) is 2. The molecule has 0 aliphatic carbocycles. The zero-order valence-corrected chi connectivity index (χ0v) is 9.11. The summed E-state index contributed by atoms with van der Waals surface area (Å²) < 4.78 is 49.5. The van der Waals surface area contributed by atoms with Crippen molar-refractivity contribution >= 4 is 17.3 Å². The molecule has 2 nitrogen and oxygen atoms in total. The maximum absolute atomic E-state index is 12.8. The van der Waals surface area contributed by atoms with Crippen LogP contribution in [0.1, 0.15) is 0 Å². The van der Waals surface area contributed by atoms with Crippen molar-refractivity contribution in [2.75, 3.05) is 11.9 Å². The van der Waals surface area contributed by atoms with Gasteiger partial charge in [-0.2, -0.15) is 18.4 Å². The van der Waals surface area contributed by atoms with Crippen LogP contribution < -0.4 is 5.32 Å². The molecule has 0 bridgehead atoms. The molecule has 0 spiro atoms. The van der Waals surface area contributed by atoms with Gasteiger partial charge in [-0.05, 0) is 18.2 Å². The lowest BCUT2D eigenvalue weighted by molar-refractivity contribution is -0.155. The average molecular weight is 267 g/mol. The predicted molar refractivity (Wildman–Crippen MR) is 55.1 cm³/mol. The van der Waals surface area contributed by atoms with Gasteiger partial charge in [0.25, 0.3) is 0 Å². The summed E-state index contributed by atoms with van der Waals surface area (Å²) in [6.45, 7) is -0.677. The summed E-state index contributed by atoms with van der Waals surface area (Å²) in [4.78, 5) is 0. The maximum atomic E-state index is 12.8. The number of nitriles is 1. The van der Waals surface area contributed by atoms with Crippen molar-refractivity contribution in [1.29, 1.82) is 5.26 Å². The summed E-state index contributed by atoms with van der Waals surface area (Å²) in [5.74, 6) is -2.79. The van der Waals surface area contributed by atoms with Gasteiger partial charge >= 0.3 is 6.18 Å². The molecule has 0 fully saturated rings. The van der Waals surface area contributed by atoms with Crippen LogP contribution in [0.3, 0.4) is 0 Å². The average Bonchev–Trinajstić information content (AvgIpc) is 2.22. The van der Waals surface area contributed by atoms with Crippen molar-refractivity contribution in [3.05, 3.63) is 29.0 Å². The molecule has 17 heavy (non-hydrogen) atoms. The van der Waals surface area contributed by atoms with Crippen LogP contribution in [0.4, 0.5) is 23.2 Å². The first kappa shape index (κ1) is 13.6. The smallest absolute Gasteiger partial charge is 0.382 e. The minimum atomic E-state index is -4.62. The van der Waals surface area contributed by atoms with E-state index in [1.807, 2.05) is 0 Å². The molecule has 1 unspecified atom stereocenters. The lowest BCUT2D eigenvalue weighted by Gasteiger charge is -2.15. The van der Waals surface area contributed by atoms with Crippen LogP contribution in [0.5, 0.6) is 0 Å². The number of nitrogens with one attached hydrogen (secondary N) is 1. The fourth-order valence-corrected chi connectivity index (χ4v) is 1.26. The van der Waals surface area contributed by atoms with Crippen LogP contribution in [-0.4, -0.2) is 12.7 Å². The molecule has 7 heteroatoms. The van der Waals surface area contributed by atoms with Gasteiger partial charge in [-0.15, -0.1) is 0 Å². The van der Waals surface area contributed by atoms with Crippen LogP contribution in [0.2, 0.25) is 5.02 Å². The van der Waals surface area contributed by atoms with E-state index in [0.717, 1.165) is 18.2 Å². The predicted octanol–water partition coefficient (Wildman–Crippen LogP) is 3.59. The van der Waals surface area contributed by atoms with E-state index in [2.05, 4.69) is 5.32 Å². The van der Waals surface area contributed by atoms with Gasteiger partial charge in [0, 0.05) is 6.54 Å². The second-order valence-corrected chi connectivity index (χ2v) is 3.64. The Morgan fingerprint density at radius 2 is 2.06 bits per heavy atom. The van der Waals surface area contributed by atoms with Gasteiger partial charge in [-0.1, -0.05) is 11.6 Å². The van der Waals surface area contributed by atoms with E-state index in [1.54, 1.807) is 0 Å². The van der Waals surface area contributed by atoms with E-state index in [4.69, 9.17) is 16.9 Å². The molecule has 0 aromatic heterocycles. The van der Waals surface area contributed by atoms with E-state index in [9.17, 15) is 17.6 Å². The molecule has 0 aliphatic rings. The molecule has 1 rings (SSSR count). The monoisotopic (exact) mass is 266 g/mol. The molecule has 0 heterocycles. The molecule has 1 atom stereocenters. The van der Waals surface area contributed by atoms with Crippen LogP contribution >= 0.6 is 11.6 Å². The summed E-state index contributed by atoms with van der Waals surface area (Å²) >= 11 is 5.64. The van der Waals surface area contributed by atoms with Gasteiger partial charge in [0.1, 0.15) is 5.82 Å². The number of rotatable bonds is 3. The number of nitrogens with zero attached hydrogens (tertiary/aromatic N) is 1. The molecule has 1 N–H and O–H groups in total. The molecule has 0 aliphatic heterocycles. The summed E-state index contributed by atoms with van der Waals surface area (Å²) in [5, 5.41) is 10.7. The van der Waals surface area contributed by atoms with Crippen molar-refractivity contribution in [2.45, 2.75) is 6.18 Å². The van der Waals surface area contributed by atoms with Gasteiger partial charge in [0.15, 0.2) is 5.92 Å². The normalized spacial score (nSPS) is 12.9. The third kappa shape index (κ3) is 3.79. The Bertz CT molecular complexity index is 439. The van der Waals surface area contributed by atoms with E-state index < -0.39 is 24.5 Å². The molecular formula is C10H7ClF4N2. The Morgan fingerprint density at radius 3 is 2.59 bits per heavy atom. The summed E-state index contributed by atoms with van der Waals surface area (Å²) in [6.07, 6.45) is -4.62. The Labute approximate surface area is 99.8 Å². The van der Waals surface area contributed by atoms with Crippen LogP contribution in [0.25, 0.3) is 0 Å². The summed E-state index contributed by atoms with van der Waals surface area (Å²) in [5.41, 5.74) is 0.0242. The molecule has 92 valence electrons. The zero-order valence-electron chi connectivity index (χ0n) is 8.35. The highest BCUT2D eigenvalue weighted by Crippen LogP contribution is 2.28. The minimum Gasteiger partial charge on any atom is -0.382 e. The molecule has 1 aromatic rings. The minimum absolute atomic E-state index is 0.0242. The maximum Gasteiger partial charge on any atom is 0.406 e. The highest BCUT2D eigenvalue weighted by atomic mass is 35.5. The van der Waals surface area contributed by atoms with Gasteiger partial charge in [-0.25, -0.2) is 4.39 Å². The molecule has 0 saturated heterocycles. The molecule has 1 aromatic carbocycles. The Morgan fingerprint density at radius 1 is 1.41 bits per heavy atom. The van der Waals surface area contributed by atoms with E-state index >= 15 is 0 Å². The van der Waals surface area contributed by atoms with Crippen molar-refractivity contribution in [2.24, 2.45) is 5.92 Å². The molecule has 0 saturated carbocycles. The Kier molecular flexibility index (Phi) is 4.18. The van der Waals surface area contributed by atoms with Crippen molar-refractivity contribution in [3.63, 3.8) is 0 Å². The highest BCUT2D eigenvalue weighted by Gasteiger charge is 2.39.